The van der Waals surface area contributed by atoms with E-state index in [-0.39, 0.29) is 19.8 Å². The van der Waals surface area contributed by atoms with E-state index in [0.717, 1.165) is 0 Å². The maximum atomic E-state index is 12.1. The number of nitrogens with one attached hydrogen (secondary N) is 1. The van der Waals surface area contributed by atoms with E-state index < -0.39 is 23.4 Å². The van der Waals surface area contributed by atoms with E-state index in [2.05, 4.69) is 5.32 Å². The predicted octanol–water partition coefficient (Wildman–Crippen LogP) is -0.451. The summed E-state index contributed by atoms with van der Waals surface area (Å²) in [6.07, 6.45) is 0. The molecular weight excluding hydrogens is 252 g/mol. The molecule has 0 saturated heterocycles. The van der Waals surface area contributed by atoms with Crippen molar-refractivity contribution in [2.45, 2.75) is 26.3 Å². The van der Waals surface area contributed by atoms with Crippen LogP contribution >= 0.6 is 0 Å². The second-order valence-electron chi connectivity index (χ2n) is 4.27. The third kappa shape index (κ3) is 4.86. The number of carbonyl (C=O) groups is 3. The van der Waals surface area contributed by atoms with E-state index in [9.17, 15) is 14.4 Å². The molecule has 7 nitrogen and oxygen atoms in total. The van der Waals surface area contributed by atoms with Gasteiger partial charge in [-0.05, 0) is 27.9 Å². The fraction of sp³-hybridized carbons (Fsp3) is 0.750. The lowest BCUT2D eigenvalue weighted by Crippen LogP contribution is -2.65. The average Bonchev–Trinajstić information content (AvgIpc) is 2.27. The molecule has 0 aromatic rings. The van der Waals surface area contributed by atoms with Crippen LogP contribution in [-0.2, 0) is 23.9 Å². The molecule has 0 aromatic heterocycles. The number of likely N-dealkylation sites (N-methyl/N-ethyl adjacent to an activating group) is 1. The van der Waals surface area contributed by atoms with E-state index in [4.69, 9.17) is 9.47 Å². The van der Waals surface area contributed by atoms with Crippen LogP contribution < -0.4 is 5.32 Å². The number of hydrogen-bond donors (Lipinski definition) is 1. The average molecular weight is 274 g/mol. The molecule has 0 unspecified atom stereocenters. The minimum atomic E-state index is -1.83. The zero-order valence-corrected chi connectivity index (χ0v) is 12.1. The van der Waals surface area contributed by atoms with Crippen LogP contribution in [0.4, 0.5) is 0 Å². The standard InChI is InChI=1S/C12H22N2O5/c1-6-18-10(16)12(8-14(4)5,13-9(3)15)11(17)19-7-2/h6-8H2,1-5H3,(H,13,15). The largest absolute Gasteiger partial charge is 0.464 e. The van der Waals surface area contributed by atoms with Gasteiger partial charge >= 0.3 is 11.9 Å². The Bertz CT molecular complexity index is 323. The van der Waals surface area contributed by atoms with Crippen molar-refractivity contribution in [1.29, 1.82) is 0 Å². The van der Waals surface area contributed by atoms with Crippen LogP contribution in [0.5, 0.6) is 0 Å². The molecule has 0 aliphatic heterocycles. The van der Waals surface area contributed by atoms with E-state index in [0.29, 0.717) is 0 Å². The van der Waals surface area contributed by atoms with Gasteiger partial charge in [0.25, 0.3) is 0 Å². The van der Waals surface area contributed by atoms with Crippen LogP contribution in [-0.4, -0.2) is 62.1 Å². The Hall–Kier alpha value is -1.63. The Morgan fingerprint density at radius 3 is 1.74 bits per heavy atom. The minimum absolute atomic E-state index is 0.0375. The first-order valence-corrected chi connectivity index (χ1v) is 6.08. The topological polar surface area (TPSA) is 84.9 Å². The van der Waals surface area contributed by atoms with Gasteiger partial charge < -0.3 is 19.7 Å². The predicted molar refractivity (Wildman–Crippen MR) is 68.4 cm³/mol. The van der Waals surface area contributed by atoms with Crippen LogP contribution in [0, 0.1) is 0 Å². The maximum Gasteiger partial charge on any atom is 0.345 e. The van der Waals surface area contributed by atoms with Crippen LogP contribution in [0.1, 0.15) is 20.8 Å². The van der Waals surface area contributed by atoms with Crippen molar-refractivity contribution in [3.05, 3.63) is 0 Å². The third-order valence-electron chi connectivity index (χ3n) is 2.19. The van der Waals surface area contributed by atoms with Gasteiger partial charge in [0.15, 0.2) is 0 Å². The lowest BCUT2D eigenvalue weighted by molar-refractivity contribution is -0.168. The SMILES string of the molecule is CCOC(=O)C(CN(C)C)(NC(C)=O)C(=O)OCC. The van der Waals surface area contributed by atoms with E-state index in [1.54, 1.807) is 32.8 Å². The summed E-state index contributed by atoms with van der Waals surface area (Å²) in [7, 11) is 3.35. The van der Waals surface area contributed by atoms with Crippen molar-refractivity contribution in [3.8, 4) is 0 Å². The highest BCUT2D eigenvalue weighted by Crippen LogP contribution is 2.13. The lowest BCUT2D eigenvalue weighted by atomic mass is 9.99. The number of nitrogens with zero attached hydrogens (tertiary/aromatic N) is 1. The summed E-state index contributed by atoms with van der Waals surface area (Å²) in [5, 5.41) is 2.36. The highest BCUT2D eigenvalue weighted by Gasteiger charge is 2.50. The number of esters is 2. The molecule has 0 aliphatic carbocycles. The van der Waals surface area contributed by atoms with Crippen molar-refractivity contribution in [3.63, 3.8) is 0 Å². The Morgan fingerprint density at radius 2 is 1.47 bits per heavy atom. The van der Waals surface area contributed by atoms with Gasteiger partial charge in [0, 0.05) is 13.5 Å². The smallest absolute Gasteiger partial charge is 0.345 e. The summed E-state index contributed by atoms with van der Waals surface area (Å²) < 4.78 is 9.79. The quantitative estimate of drug-likeness (QED) is 0.500. The molecule has 0 radical (unpaired) electrons. The number of amides is 1. The van der Waals surface area contributed by atoms with Crippen LogP contribution in [0.15, 0.2) is 0 Å². The molecule has 0 atom stereocenters. The number of rotatable bonds is 7. The Labute approximate surface area is 113 Å². The fourth-order valence-electron chi connectivity index (χ4n) is 1.64. The first-order valence-electron chi connectivity index (χ1n) is 6.08. The summed E-state index contributed by atoms with van der Waals surface area (Å²) in [6, 6.07) is 0. The van der Waals surface area contributed by atoms with Crippen LogP contribution in [0.2, 0.25) is 0 Å². The van der Waals surface area contributed by atoms with Gasteiger partial charge in [-0.15, -0.1) is 0 Å². The zero-order chi connectivity index (χ0) is 15.1. The zero-order valence-electron chi connectivity index (χ0n) is 12.1. The van der Waals surface area contributed by atoms with Crippen molar-refractivity contribution in [1.82, 2.24) is 10.2 Å². The van der Waals surface area contributed by atoms with Crippen molar-refractivity contribution in [2.24, 2.45) is 0 Å². The van der Waals surface area contributed by atoms with Crippen molar-refractivity contribution >= 4 is 17.8 Å². The molecule has 110 valence electrons. The molecule has 0 saturated carbocycles. The normalized spacial score (nSPS) is 11.1. The Kier molecular flexibility index (Phi) is 7.06. The molecule has 0 aromatic carbocycles. The first-order chi connectivity index (χ1) is 8.80. The maximum absolute atomic E-state index is 12.1. The number of carbonyl (C=O) groups excluding carboxylic acids is 3. The highest BCUT2D eigenvalue weighted by atomic mass is 16.6. The monoisotopic (exact) mass is 274 g/mol. The summed E-state index contributed by atoms with van der Waals surface area (Å²) in [5.41, 5.74) is -1.83. The number of hydrogen-bond acceptors (Lipinski definition) is 6. The lowest BCUT2D eigenvalue weighted by Gasteiger charge is -2.31. The van der Waals surface area contributed by atoms with Gasteiger partial charge in [0.2, 0.25) is 11.4 Å². The minimum Gasteiger partial charge on any atom is -0.464 e. The van der Waals surface area contributed by atoms with Gasteiger partial charge in [-0.2, -0.15) is 0 Å². The van der Waals surface area contributed by atoms with Crippen molar-refractivity contribution < 1.29 is 23.9 Å². The molecular formula is C12H22N2O5. The summed E-state index contributed by atoms with van der Waals surface area (Å²) in [6.45, 7) is 4.64. The molecule has 0 aliphatic rings. The number of ether oxygens (including phenoxy) is 2. The van der Waals surface area contributed by atoms with Crippen LogP contribution in [0.25, 0.3) is 0 Å². The molecule has 1 N–H and O–H groups in total. The van der Waals surface area contributed by atoms with E-state index in [1.807, 2.05) is 0 Å². The van der Waals surface area contributed by atoms with Crippen molar-refractivity contribution in [2.75, 3.05) is 33.9 Å². The fourth-order valence-corrected chi connectivity index (χ4v) is 1.64. The van der Waals surface area contributed by atoms with Gasteiger partial charge in [-0.25, -0.2) is 9.59 Å². The second-order valence-corrected chi connectivity index (χ2v) is 4.27. The highest BCUT2D eigenvalue weighted by molar-refractivity contribution is 6.08. The molecule has 19 heavy (non-hydrogen) atoms. The third-order valence-corrected chi connectivity index (χ3v) is 2.19. The molecule has 0 spiro atoms. The van der Waals surface area contributed by atoms with Gasteiger partial charge in [-0.1, -0.05) is 0 Å². The summed E-state index contributed by atoms with van der Waals surface area (Å²) in [4.78, 5) is 37.1. The Morgan fingerprint density at radius 1 is 1.05 bits per heavy atom. The van der Waals surface area contributed by atoms with Gasteiger partial charge in [-0.3, -0.25) is 4.79 Å². The van der Waals surface area contributed by atoms with Crippen LogP contribution in [0.3, 0.4) is 0 Å². The molecule has 7 heteroatoms. The van der Waals surface area contributed by atoms with E-state index >= 15 is 0 Å². The Balaban J connectivity index is 5.48. The molecule has 0 rings (SSSR count). The first kappa shape index (κ1) is 17.4. The molecule has 0 fully saturated rings. The molecule has 0 heterocycles. The summed E-state index contributed by atoms with van der Waals surface area (Å²) in [5.74, 6) is -2.15. The van der Waals surface area contributed by atoms with Gasteiger partial charge in [0.05, 0.1) is 13.2 Å². The van der Waals surface area contributed by atoms with Gasteiger partial charge in [0.1, 0.15) is 0 Å². The van der Waals surface area contributed by atoms with E-state index in [1.165, 1.54) is 6.92 Å². The summed E-state index contributed by atoms with van der Waals surface area (Å²) >= 11 is 0. The molecule has 0 bridgehead atoms. The molecule has 1 amide bonds. The second kappa shape index (κ2) is 7.73.